The van der Waals surface area contributed by atoms with Crippen LogP contribution < -0.4 is 0 Å². The first-order valence-corrected chi connectivity index (χ1v) is 6.50. The maximum atomic E-state index is 11.7. The molecule has 18 heavy (non-hydrogen) atoms. The predicted octanol–water partition coefficient (Wildman–Crippen LogP) is 2.57. The van der Waals surface area contributed by atoms with Gasteiger partial charge >= 0.3 is 5.97 Å². The molecule has 0 radical (unpaired) electrons. The lowest BCUT2D eigenvalue weighted by Gasteiger charge is -2.50. The zero-order valence-electron chi connectivity index (χ0n) is 11.3. The van der Waals surface area contributed by atoms with Gasteiger partial charge in [0.15, 0.2) is 0 Å². The van der Waals surface area contributed by atoms with Crippen molar-refractivity contribution in [2.45, 2.75) is 26.3 Å². The summed E-state index contributed by atoms with van der Waals surface area (Å²) in [5.41, 5.74) is -0.0353. The summed E-state index contributed by atoms with van der Waals surface area (Å²) in [5, 5.41) is 9.60. The Balaban J connectivity index is 2.22. The van der Waals surface area contributed by atoms with Gasteiger partial charge in [-0.3, -0.25) is 4.90 Å². The fourth-order valence-corrected chi connectivity index (χ4v) is 2.50. The summed E-state index contributed by atoms with van der Waals surface area (Å²) in [6, 6.07) is 9.51. The molecule has 1 fully saturated rings. The van der Waals surface area contributed by atoms with Crippen LogP contribution in [0.2, 0.25) is 0 Å². The molecule has 0 aliphatic carbocycles. The van der Waals surface area contributed by atoms with Gasteiger partial charge in [0.2, 0.25) is 0 Å². The fraction of sp³-hybridized carbons (Fsp3) is 0.533. The Labute approximate surface area is 108 Å². The quantitative estimate of drug-likeness (QED) is 0.889. The molecule has 1 N–H and O–H groups in total. The third-order valence-corrected chi connectivity index (χ3v) is 4.24. The normalized spacial score (nSPS) is 20.4. The summed E-state index contributed by atoms with van der Waals surface area (Å²) in [7, 11) is 0. The standard InChI is InChI=1S/C15H21NO2/c1-11(2)12-9-16(10-12)15(3,14(17)18)13-7-5-4-6-8-13/h4-8,11-12H,9-10H2,1-3H3,(H,17,18). The molecule has 0 bridgehead atoms. The average Bonchev–Trinajstić information content (AvgIpc) is 2.27. The van der Waals surface area contributed by atoms with Gasteiger partial charge < -0.3 is 5.11 Å². The van der Waals surface area contributed by atoms with E-state index in [4.69, 9.17) is 0 Å². The van der Waals surface area contributed by atoms with E-state index in [1.54, 1.807) is 6.92 Å². The topological polar surface area (TPSA) is 40.5 Å². The van der Waals surface area contributed by atoms with Gasteiger partial charge in [-0.1, -0.05) is 44.2 Å². The molecular formula is C15H21NO2. The maximum Gasteiger partial charge on any atom is 0.328 e. The summed E-state index contributed by atoms with van der Waals surface area (Å²) < 4.78 is 0. The lowest BCUT2D eigenvalue weighted by atomic mass is 9.80. The summed E-state index contributed by atoms with van der Waals surface area (Å²) in [6.07, 6.45) is 0. The average molecular weight is 247 g/mol. The van der Waals surface area contributed by atoms with Crippen LogP contribution in [0.5, 0.6) is 0 Å². The zero-order chi connectivity index (χ0) is 13.3. The molecule has 1 aromatic carbocycles. The smallest absolute Gasteiger partial charge is 0.328 e. The van der Waals surface area contributed by atoms with Crippen LogP contribution in [0.25, 0.3) is 0 Å². The number of nitrogens with zero attached hydrogens (tertiary/aromatic N) is 1. The Bertz CT molecular complexity index is 423. The second kappa shape index (κ2) is 4.73. The number of likely N-dealkylation sites (tertiary alicyclic amines) is 1. The Kier molecular flexibility index (Phi) is 3.44. The molecule has 1 aliphatic rings. The first-order valence-electron chi connectivity index (χ1n) is 6.50. The SMILES string of the molecule is CC(C)C1CN(C(C)(C(=O)O)c2ccccc2)C1. The van der Waals surface area contributed by atoms with Crippen LogP contribution in [0.3, 0.4) is 0 Å². The second-order valence-corrected chi connectivity index (χ2v) is 5.65. The highest BCUT2D eigenvalue weighted by Gasteiger charge is 2.47. The second-order valence-electron chi connectivity index (χ2n) is 5.65. The van der Waals surface area contributed by atoms with Crippen molar-refractivity contribution in [3.8, 4) is 0 Å². The van der Waals surface area contributed by atoms with Crippen molar-refractivity contribution in [3.63, 3.8) is 0 Å². The number of carbonyl (C=O) groups is 1. The highest BCUT2D eigenvalue weighted by molar-refractivity contribution is 5.80. The first kappa shape index (κ1) is 13.1. The van der Waals surface area contributed by atoms with Gasteiger partial charge in [0.25, 0.3) is 0 Å². The van der Waals surface area contributed by atoms with Crippen LogP contribution in [-0.4, -0.2) is 29.1 Å². The van der Waals surface area contributed by atoms with Crippen LogP contribution in [0.15, 0.2) is 30.3 Å². The van der Waals surface area contributed by atoms with Gasteiger partial charge in [-0.05, 0) is 24.3 Å². The number of carboxylic acid groups (broad SMARTS) is 1. The molecule has 3 heteroatoms. The summed E-state index contributed by atoms with van der Waals surface area (Å²) in [6.45, 7) is 7.94. The van der Waals surface area contributed by atoms with E-state index in [1.165, 1.54) is 0 Å². The lowest BCUT2D eigenvalue weighted by molar-refractivity contribution is -0.158. The third kappa shape index (κ3) is 2.03. The van der Waals surface area contributed by atoms with Gasteiger partial charge in [-0.15, -0.1) is 0 Å². The molecule has 1 saturated heterocycles. The van der Waals surface area contributed by atoms with Crippen molar-refractivity contribution in [1.82, 2.24) is 4.90 Å². The van der Waals surface area contributed by atoms with E-state index in [2.05, 4.69) is 18.7 Å². The molecule has 2 rings (SSSR count). The lowest BCUT2D eigenvalue weighted by Crippen LogP contribution is -2.61. The highest BCUT2D eigenvalue weighted by atomic mass is 16.4. The van der Waals surface area contributed by atoms with E-state index < -0.39 is 11.5 Å². The number of aliphatic carboxylic acids is 1. The van der Waals surface area contributed by atoms with E-state index >= 15 is 0 Å². The van der Waals surface area contributed by atoms with Crippen molar-refractivity contribution in [2.24, 2.45) is 11.8 Å². The molecule has 0 aromatic heterocycles. The van der Waals surface area contributed by atoms with Crippen molar-refractivity contribution in [3.05, 3.63) is 35.9 Å². The maximum absolute atomic E-state index is 11.7. The largest absolute Gasteiger partial charge is 0.480 e. The van der Waals surface area contributed by atoms with Crippen molar-refractivity contribution >= 4 is 5.97 Å². The van der Waals surface area contributed by atoms with Crippen LogP contribution in [-0.2, 0) is 10.3 Å². The number of hydrogen-bond acceptors (Lipinski definition) is 2. The summed E-state index contributed by atoms with van der Waals surface area (Å²) >= 11 is 0. The van der Waals surface area contributed by atoms with Crippen LogP contribution in [0, 0.1) is 11.8 Å². The van der Waals surface area contributed by atoms with E-state index in [0.29, 0.717) is 11.8 Å². The Morgan fingerprint density at radius 1 is 1.33 bits per heavy atom. The highest BCUT2D eigenvalue weighted by Crippen LogP contribution is 2.36. The van der Waals surface area contributed by atoms with E-state index in [0.717, 1.165) is 18.7 Å². The van der Waals surface area contributed by atoms with E-state index in [1.807, 2.05) is 30.3 Å². The molecule has 0 saturated carbocycles. The number of rotatable bonds is 4. The molecule has 98 valence electrons. The monoisotopic (exact) mass is 247 g/mol. The number of hydrogen-bond donors (Lipinski definition) is 1. The summed E-state index contributed by atoms with van der Waals surface area (Å²) in [5.74, 6) is 0.471. The van der Waals surface area contributed by atoms with Gasteiger partial charge in [-0.2, -0.15) is 0 Å². The van der Waals surface area contributed by atoms with Gasteiger partial charge in [-0.25, -0.2) is 4.79 Å². The molecule has 0 spiro atoms. The number of benzene rings is 1. The minimum absolute atomic E-state index is 0.618. The molecule has 1 aliphatic heterocycles. The Morgan fingerprint density at radius 2 is 1.89 bits per heavy atom. The molecule has 3 nitrogen and oxygen atoms in total. The zero-order valence-corrected chi connectivity index (χ0v) is 11.3. The van der Waals surface area contributed by atoms with Crippen LogP contribution >= 0.6 is 0 Å². The van der Waals surface area contributed by atoms with E-state index in [-0.39, 0.29) is 0 Å². The molecule has 0 amide bonds. The number of carboxylic acids is 1. The summed E-state index contributed by atoms with van der Waals surface area (Å²) in [4.78, 5) is 13.8. The molecular weight excluding hydrogens is 226 g/mol. The van der Waals surface area contributed by atoms with E-state index in [9.17, 15) is 9.90 Å². The van der Waals surface area contributed by atoms with Crippen LogP contribution in [0.1, 0.15) is 26.3 Å². The van der Waals surface area contributed by atoms with Crippen molar-refractivity contribution in [1.29, 1.82) is 0 Å². The molecule has 1 unspecified atom stereocenters. The van der Waals surface area contributed by atoms with Gasteiger partial charge in [0.1, 0.15) is 5.54 Å². The first-order chi connectivity index (χ1) is 8.46. The van der Waals surface area contributed by atoms with Crippen molar-refractivity contribution < 1.29 is 9.90 Å². The molecule has 1 heterocycles. The third-order valence-electron chi connectivity index (χ3n) is 4.24. The minimum Gasteiger partial charge on any atom is -0.480 e. The Morgan fingerprint density at radius 3 is 2.33 bits per heavy atom. The van der Waals surface area contributed by atoms with Crippen LogP contribution in [0.4, 0.5) is 0 Å². The predicted molar refractivity (Wildman–Crippen MR) is 71.3 cm³/mol. The Hall–Kier alpha value is -1.35. The molecule has 1 atom stereocenters. The fourth-order valence-electron chi connectivity index (χ4n) is 2.50. The molecule has 1 aromatic rings. The van der Waals surface area contributed by atoms with Crippen molar-refractivity contribution in [2.75, 3.05) is 13.1 Å². The van der Waals surface area contributed by atoms with Gasteiger partial charge in [0.05, 0.1) is 0 Å². The van der Waals surface area contributed by atoms with Gasteiger partial charge in [0, 0.05) is 13.1 Å². The minimum atomic E-state index is -0.896.